The standard InChI is InChI=1S/C14H12ClFN2S/c1-8-6-9(14(17)19)2-5-13(8)18-10-3-4-12(16)11(15)7-10/h2-7,18H,1H3,(H2,17,19). The van der Waals surface area contributed by atoms with Crippen LogP contribution in [-0.2, 0) is 0 Å². The zero-order chi connectivity index (χ0) is 14.0. The number of nitrogens with two attached hydrogens (primary N) is 1. The summed E-state index contributed by atoms with van der Waals surface area (Å²) < 4.78 is 13.1. The van der Waals surface area contributed by atoms with E-state index in [-0.39, 0.29) is 5.02 Å². The molecular weight excluding hydrogens is 283 g/mol. The van der Waals surface area contributed by atoms with E-state index in [9.17, 15) is 4.39 Å². The number of thiocarbonyl (C=S) groups is 1. The van der Waals surface area contributed by atoms with E-state index >= 15 is 0 Å². The van der Waals surface area contributed by atoms with Gasteiger partial charge in [0.1, 0.15) is 10.8 Å². The van der Waals surface area contributed by atoms with Crippen molar-refractivity contribution in [2.24, 2.45) is 5.73 Å². The van der Waals surface area contributed by atoms with Crippen LogP contribution in [-0.4, -0.2) is 4.99 Å². The van der Waals surface area contributed by atoms with E-state index in [1.165, 1.54) is 12.1 Å². The molecule has 0 atom stereocenters. The molecule has 0 radical (unpaired) electrons. The van der Waals surface area contributed by atoms with Gasteiger partial charge in [-0.2, -0.15) is 0 Å². The van der Waals surface area contributed by atoms with E-state index in [0.717, 1.165) is 22.5 Å². The van der Waals surface area contributed by atoms with E-state index in [1.54, 1.807) is 6.07 Å². The predicted octanol–water partition coefficient (Wildman–Crippen LogP) is 4.17. The van der Waals surface area contributed by atoms with Gasteiger partial charge < -0.3 is 11.1 Å². The van der Waals surface area contributed by atoms with Crippen molar-refractivity contribution >= 4 is 40.2 Å². The Kier molecular flexibility index (Phi) is 4.02. The maximum absolute atomic E-state index is 13.1. The van der Waals surface area contributed by atoms with Gasteiger partial charge in [-0.3, -0.25) is 0 Å². The Morgan fingerprint density at radius 3 is 2.58 bits per heavy atom. The molecular formula is C14H12ClFN2S. The van der Waals surface area contributed by atoms with Crippen molar-refractivity contribution in [3.8, 4) is 0 Å². The summed E-state index contributed by atoms with van der Waals surface area (Å²) in [5, 5.41) is 3.26. The average Bonchev–Trinajstić information content (AvgIpc) is 2.36. The molecule has 0 aliphatic heterocycles. The van der Waals surface area contributed by atoms with Crippen LogP contribution in [0.25, 0.3) is 0 Å². The number of benzene rings is 2. The summed E-state index contributed by atoms with van der Waals surface area (Å²) >= 11 is 10.7. The van der Waals surface area contributed by atoms with Crippen molar-refractivity contribution in [1.29, 1.82) is 0 Å². The summed E-state index contributed by atoms with van der Waals surface area (Å²) in [6.07, 6.45) is 0. The third-order valence-electron chi connectivity index (χ3n) is 2.71. The summed E-state index contributed by atoms with van der Waals surface area (Å²) in [4.78, 5) is 0.361. The highest BCUT2D eigenvalue weighted by Gasteiger charge is 2.04. The molecule has 0 aromatic heterocycles. The normalized spacial score (nSPS) is 10.3. The van der Waals surface area contributed by atoms with Crippen molar-refractivity contribution in [3.63, 3.8) is 0 Å². The highest BCUT2D eigenvalue weighted by molar-refractivity contribution is 7.80. The van der Waals surface area contributed by atoms with Crippen molar-refractivity contribution < 1.29 is 4.39 Å². The van der Waals surface area contributed by atoms with Gasteiger partial charge in [0.15, 0.2) is 0 Å². The molecule has 0 fully saturated rings. The lowest BCUT2D eigenvalue weighted by Gasteiger charge is -2.11. The minimum atomic E-state index is -0.437. The van der Waals surface area contributed by atoms with E-state index < -0.39 is 5.82 Å². The highest BCUT2D eigenvalue weighted by Crippen LogP contribution is 2.25. The van der Waals surface area contributed by atoms with Gasteiger partial charge in [0.25, 0.3) is 0 Å². The fourth-order valence-electron chi connectivity index (χ4n) is 1.69. The largest absolute Gasteiger partial charge is 0.389 e. The van der Waals surface area contributed by atoms with Gasteiger partial charge in [0.05, 0.1) is 5.02 Å². The molecule has 98 valence electrons. The summed E-state index contributed by atoms with van der Waals surface area (Å²) in [6.45, 7) is 1.94. The summed E-state index contributed by atoms with van der Waals surface area (Å²) in [6, 6.07) is 10.1. The molecule has 0 bridgehead atoms. The molecule has 2 aromatic carbocycles. The fraction of sp³-hybridized carbons (Fsp3) is 0.0714. The number of halogens is 2. The van der Waals surface area contributed by atoms with E-state index in [1.807, 2.05) is 25.1 Å². The van der Waals surface area contributed by atoms with E-state index in [2.05, 4.69) is 5.32 Å². The average molecular weight is 295 g/mol. The van der Waals surface area contributed by atoms with E-state index in [4.69, 9.17) is 29.6 Å². The highest BCUT2D eigenvalue weighted by atomic mass is 35.5. The van der Waals surface area contributed by atoms with Crippen LogP contribution in [0.5, 0.6) is 0 Å². The second-order valence-corrected chi connectivity index (χ2v) is 4.99. The van der Waals surface area contributed by atoms with Gasteiger partial charge in [-0.1, -0.05) is 23.8 Å². The first-order valence-corrected chi connectivity index (χ1v) is 6.38. The van der Waals surface area contributed by atoms with Crippen LogP contribution >= 0.6 is 23.8 Å². The van der Waals surface area contributed by atoms with Gasteiger partial charge in [-0.25, -0.2) is 4.39 Å². The summed E-state index contributed by atoms with van der Waals surface area (Å²) in [5.74, 6) is -0.437. The molecule has 0 spiro atoms. The van der Waals surface area contributed by atoms with Crippen molar-refractivity contribution in [3.05, 3.63) is 58.4 Å². The molecule has 0 heterocycles. The fourth-order valence-corrected chi connectivity index (χ4v) is 1.99. The zero-order valence-corrected chi connectivity index (χ0v) is 11.8. The number of hydrogen-bond acceptors (Lipinski definition) is 2. The Labute approximate surface area is 121 Å². The van der Waals surface area contributed by atoms with Crippen LogP contribution in [0.1, 0.15) is 11.1 Å². The molecule has 0 aliphatic rings. The monoisotopic (exact) mass is 294 g/mol. The Balaban J connectivity index is 2.28. The first-order chi connectivity index (χ1) is 8.97. The second kappa shape index (κ2) is 5.55. The molecule has 3 N–H and O–H groups in total. The Morgan fingerprint density at radius 2 is 2.00 bits per heavy atom. The number of nitrogens with one attached hydrogen (secondary N) is 1. The number of anilines is 2. The summed E-state index contributed by atoms with van der Waals surface area (Å²) in [5.41, 5.74) is 8.99. The molecule has 0 saturated heterocycles. The van der Waals surface area contributed by atoms with Crippen LogP contribution in [0.4, 0.5) is 15.8 Å². The minimum absolute atomic E-state index is 0.0856. The third kappa shape index (κ3) is 3.22. The molecule has 0 unspecified atom stereocenters. The Morgan fingerprint density at radius 1 is 1.26 bits per heavy atom. The van der Waals surface area contributed by atoms with Gasteiger partial charge in [-0.05, 0) is 48.9 Å². The smallest absolute Gasteiger partial charge is 0.141 e. The number of rotatable bonds is 3. The maximum atomic E-state index is 13.1. The van der Waals surface area contributed by atoms with Gasteiger partial charge in [0.2, 0.25) is 0 Å². The lowest BCUT2D eigenvalue weighted by atomic mass is 10.1. The topological polar surface area (TPSA) is 38.0 Å². The SMILES string of the molecule is Cc1cc(C(N)=S)ccc1Nc1ccc(F)c(Cl)c1. The summed E-state index contributed by atoms with van der Waals surface area (Å²) in [7, 11) is 0. The first-order valence-electron chi connectivity index (χ1n) is 5.60. The molecule has 0 amide bonds. The molecule has 19 heavy (non-hydrogen) atoms. The van der Waals surface area contributed by atoms with Crippen LogP contribution < -0.4 is 11.1 Å². The van der Waals surface area contributed by atoms with E-state index in [0.29, 0.717) is 4.99 Å². The molecule has 2 nitrogen and oxygen atoms in total. The Bertz CT molecular complexity index is 643. The maximum Gasteiger partial charge on any atom is 0.141 e. The predicted molar refractivity (Wildman–Crippen MR) is 81.8 cm³/mol. The van der Waals surface area contributed by atoms with Crippen molar-refractivity contribution in [2.45, 2.75) is 6.92 Å². The number of aryl methyl sites for hydroxylation is 1. The molecule has 2 rings (SSSR count). The zero-order valence-electron chi connectivity index (χ0n) is 10.2. The molecule has 0 saturated carbocycles. The van der Waals surface area contributed by atoms with Crippen molar-refractivity contribution in [2.75, 3.05) is 5.32 Å². The molecule has 2 aromatic rings. The number of hydrogen-bond donors (Lipinski definition) is 2. The van der Waals surface area contributed by atoms with Crippen LogP contribution in [0.15, 0.2) is 36.4 Å². The second-order valence-electron chi connectivity index (χ2n) is 4.15. The quantitative estimate of drug-likeness (QED) is 0.835. The molecule has 0 aliphatic carbocycles. The van der Waals surface area contributed by atoms with Crippen LogP contribution in [0, 0.1) is 12.7 Å². The van der Waals surface area contributed by atoms with Crippen molar-refractivity contribution in [1.82, 2.24) is 0 Å². The Hall–Kier alpha value is -1.65. The lowest BCUT2D eigenvalue weighted by Crippen LogP contribution is -2.09. The molecule has 5 heteroatoms. The third-order valence-corrected chi connectivity index (χ3v) is 3.23. The minimum Gasteiger partial charge on any atom is -0.389 e. The lowest BCUT2D eigenvalue weighted by molar-refractivity contribution is 0.628. The van der Waals surface area contributed by atoms with Crippen LogP contribution in [0.3, 0.4) is 0 Å². The van der Waals surface area contributed by atoms with Gasteiger partial charge in [0, 0.05) is 16.9 Å². The first kappa shape index (κ1) is 13.8. The van der Waals surface area contributed by atoms with Gasteiger partial charge >= 0.3 is 0 Å². The van der Waals surface area contributed by atoms with Crippen LogP contribution in [0.2, 0.25) is 5.02 Å². The van der Waals surface area contributed by atoms with Gasteiger partial charge in [-0.15, -0.1) is 0 Å².